The summed E-state index contributed by atoms with van der Waals surface area (Å²) in [7, 11) is -1.20. The molecule has 4 aliphatic heterocycles. The number of aliphatic hydroxyl groups is 1. The molecule has 3 unspecified atom stereocenters. The Morgan fingerprint density at radius 1 is 1.02 bits per heavy atom. The van der Waals surface area contributed by atoms with Crippen molar-refractivity contribution in [3.05, 3.63) is 0 Å². The van der Waals surface area contributed by atoms with Crippen LogP contribution in [0.15, 0.2) is 0 Å². The van der Waals surface area contributed by atoms with Gasteiger partial charge in [0.2, 0.25) is 5.96 Å². The van der Waals surface area contributed by atoms with E-state index in [9.17, 15) is 14.7 Å². The summed E-state index contributed by atoms with van der Waals surface area (Å²) in [6.45, 7) is 22.0. The van der Waals surface area contributed by atoms with Crippen molar-refractivity contribution >= 4 is 26.5 Å². The predicted octanol–water partition coefficient (Wildman–Crippen LogP) is 4.04. The molecule has 240 valence electrons. The number of hydrogen-bond donors (Lipinski definition) is 3. The molecule has 0 spiro atoms. The minimum absolute atomic E-state index is 0.0231. The maximum atomic E-state index is 14.1. The number of amides is 2. The Hall–Kier alpha value is -1.81. The van der Waals surface area contributed by atoms with Gasteiger partial charge in [-0.15, -0.1) is 0 Å². The topological polar surface area (TPSA) is 158 Å². The number of alkyl carbamates (subject to hydrolysis) is 1. The molecule has 1 saturated carbocycles. The molecule has 4 heterocycles. The van der Waals surface area contributed by atoms with E-state index < -0.39 is 85.3 Å². The first-order chi connectivity index (χ1) is 18.8. The molecule has 14 heteroatoms. The second-order valence-electron chi connectivity index (χ2n) is 15.5. The minimum atomic E-state index is -2.65. The minimum Gasteiger partial charge on any atom is -0.444 e. The van der Waals surface area contributed by atoms with Crippen LogP contribution in [0.4, 0.5) is 9.59 Å². The van der Waals surface area contributed by atoms with E-state index in [1.54, 1.807) is 48.5 Å². The first kappa shape index (κ1) is 33.1. The zero-order chi connectivity index (χ0) is 32.1. The standard InChI is InChI=1S/C28H49N3O10Si/c1-23(2,3)39-21(32)30-20(29)31(22(33)40-24(4,5)6)27-14-15-26(10,34)17-16(27)18(35-11)36-19(27)28(37-15,38-17)41-42(12,13)25(7,8)9/h15-19,34H,14H2,1-13H3,(H2,29,30,32)/t15?,16?,17?,18-,19+,26-,27-,28+/m1/s1. The van der Waals surface area contributed by atoms with E-state index in [-0.39, 0.29) is 11.5 Å². The molecule has 0 aromatic rings. The third-order valence-electron chi connectivity index (χ3n) is 8.85. The number of ether oxygens (including phenoxy) is 6. The van der Waals surface area contributed by atoms with E-state index in [0.717, 1.165) is 4.90 Å². The Morgan fingerprint density at radius 2 is 1.60 bits per heavy atom. The Morgan fingerprint density at radius 3 is 2.10 bits per heavy atom. The Bertz CT molecular complexity index is 1130. The van der Waals surface area contributed by atoms with Gasteiger partial charge in [0.1, 0.15) is 28.4 Å². The maximum Gasteiger partial charge on any atom is 0.417 e. The fourth-order valence-electron chi connectivity index (χ4n) is 6.12. The van der Waals surface area contributed by atoms with Crippen LogP contribution >= 0.6 is 0 Å². The van der Waals surface area contributed by atoms with Crippen molar-refractivity contribution in [3.8, 4) is 0 Å². The highest BCUT2D eigenvalue weighted by molar-refractivity contribution is 6.74. The largest absolute Gasteiger partial charge is 0.444 e. The van der Waals surface area contributed by atoms with E-state index in [1.165, 1.54) is 7.11 Å². The van der Waals surface area contributed by atoms with Crippen molar-refractivity contribution < 1.29 is 47.5 Å². The smallest absolute Gasteiger partial charge is 0.417 e. The molecule has 0 aromatic carbocycles. The molecule has 5 fully saturated rings. The zero-order valence-corrected chi connectivity index (χ0v) is 28.2. The Kier molecular flexibility index (Phi) is 7.76. The van der Waals surface area contributed by atoms with Crippen molar-refractivity contribution in [2.75, 3.05) is 7.11 Å². The third kappa shape index (κ3) is 5.26. The van der Waals surface area contributed by atoms with E-state index >= 15 is 0 Å². The van der Waals surface area contributed by atoms with Crippen molar-refractivity contribution in [2.24, 2.45) is 5.92 Å². The average Bonchev–Trinajstić information content (AvgIpc) is 3.00. The normalized spacial score (nSPS) is 37.4. The van der Waals surface area contributed by atoms with Gasteiger partial charge in [0.05, 0.1) is 12.0 Å². The zero-order valence-electron chi connectivity index (χ0n) is 27.2. The lowest BCUT2D eigenvalue weighted by Gasteiger charge is -2.69. The van der Waals surface area contributed by atoms with Crippen molar-refractivity contribution in [2.45, 2.75) is 147 Å². The van der Waals surface area contributed by atoms with Crippen molar-refractivity contribution in [3.63, 3.8) is 0 Å². The van der Waals surface area contributed by atoms with Gasteiger partial charge in [-0.05, 0) is 66.6 Å². The van der Waals surface area contributed by atoms with Gasteiger partial charge in [0.25, 0.3) is 0 Å². The van der Waals surface area contributed by atoms with Crippen LogP contribution in [0.3, 0.4) is 0 Å². The molecule has 5 aliphatic rings. The van der Waals surface area contributed by atoms with Gasteiger partial charge in [-0.3, -0.25) is 10.7 Å². The Balaban J connectivity index is 1.90. The summed E-state index contributed by atoms with van der Waals surface area (Å²) in [5.74, 6) is -3.24. The molecule has 2 amide bonds. The summed E-state index contributed by atoms with van der Waals surface area (Å²) in [5.41, 5.74) is -4.76. The van der Waals surface area contributed by atoms with Crippen molar-refractivity contribution in [1.82, 2.24) is 10.2 Å². The molecule has 8 atom stereocenters. The molecule has 3 N–H and O–H groups in total. The molecule has 5 rings (SSSR count). The fourth-order valence-corrected chi connectivity index (χ4v) is 7.34. The van der Waals surface area contributed by atoms with Crippen LogP contribution in [0.5, 0.6) is 0 Å². The number of hydrogen-bond acceptors (Lipinski definition) is 11. The van der Waals surface area contributed by atoms with E-state index in [1.807, 2.05) is 13.1 Å². The number of carbonyl (C=O) groups excluding carboxylic acids is 2. The first-order valence-electron chi connectivity index (χ1n) is 14.4. The molecule has 1 aliphatic carbocycles. The molecule has 0 radical (unpaired) electrons. The number of rotatable bonds is 4. The summed E-state index contributed by atoms with van der Waals surface area (Å²) in [4.78, 5) is 28.0. The summed E-state index contributed by atoms with van der Waals surface area (Å²) in [6, 6.07) is 0. The summed E-state index contributed by atoms with van der Waals surface area (Å²) < 4.78 is 43.3. The van der Waals surface area contributed by atoms with E-state index in [4.69, 9.17) is 38.3 Å². The van der Waals surface area contributed by atoms with Crippen LogP contribution in [0.25, 0.3) is 0 Å². The monoisotopic (exact) mass is 615 g/mol. The molecular weight excluding hydrogens is 566 g/mol. The highest BCUT2D eigenvalue weighted by Gasteiger charge is 2.85. The van der Waals surface area contributed by atoms with Gasteiger partial charge in [-0.25, -0.2) is 14.5 Å². The number of nitrogens with one attached hydrogen (secondary N) is 2. The molecule has 4 saturated heterocycles. The van der Waals surface area contributed by atoms with Crippen LogP contribution in [-0.4, -0.2) is 96.5 Å². The van der Waals surface area contributed by atoms with Gasteiger partial charge in [0.15, 0.2) is 20.7 Å². The van der Waals surface area contributed by atoms with Crippen LogP contribution in [0.1, 0.15) is 75.7 Å². The lowest BCUT2D eigenvalue weighted by Crippen LogP contribution is -2.88. The fraction of sp³-hybridized carbons (Fsp3) is 0.893. The number of carbonyl (C=O) groups is 2. The van der Waals surface area contributed by atoms with Crippen LogP contribution < -0.4 is 5.32 Å². The van der Waals surface area contributed by atoms with Crippen molar-refractivity contribution in [1.29, 1.82) is 5.41 Å². The SMILES string of the molecule is CO[C@@H]1O[C@@H]2[C@]3(O[Si](C)(C)C(C)(C)C)OC4C[C@@]2(N(C(=N)NC(=O)OC(C)(C)C)C(=O)OC(C)(C)C)C1C(O3)[C@]4(C)O. The first-order valence-corrected chi connectivity index (χ1v) is 17.3. The second kappa shape index (κ2) is 9.84. The second-order valence-corrected chi connectivity index (χ2v) is 20.2. The average molecular weight is 616 g/mol. The molecule has 13 nitrogen and oxygen atoms in total. The van der Waals surface area contributed by atoms with Gasteiger partial charge in [-0.1, -0.05) is 20.8 Å². The lowest BCUT2D eigenvalue weighted by atomic mass is 9.58. The maximum absolute atomic E-state index is 14.1. The number of methoxy groups -OCH3 is 1. The molecule has 6 bridgehead atoms. The summed E-state index contributed by atoms with van der Waals surface area (Å²) in [5, 5.41) is 23.0. The van der Waals surface area contributed by atoms with Crippen LogP contribution in [0, 0.1) is 11.3 Å². The van der Waals surface area contributed by atoms with Gasteiger partial charge >= 0.3 is 18.2 Å². The summed E-state index contributed by atoms with van der Waals surface area (Å²) >= 11 is 0. The highest BCUT2D eigenvalue weighted by atomic mass is 28.4. The quantitative estimate of drug-likeness (QED) is 0.239. The molecule has 0 aromatic heterocycles. The van der Waals surface area contributed by atoms with Gasteiger partial charge in [0, 0.05) is 13.5 Å². The molecular formula is C28H49N3O10Si. The third-order valence-corrected chi connectivity index (χ3v) is 13.3. The number of nitrogens with zero attached hydrogens (tertiary/aromatic N) is 1. The van der Waals surface area contributed by atoms with Gasteiger partial charge in [-0.2, -0.15) is 0 Å². The predicted molar refractivity (Wildman–Crippen MR) is 153 cm³/mol. The van der Waals surface area contributed by atoms with E-state index in [0.29, 0.717) is 0 Å². The lowest BCUT2D eigenvalue weighted by molar-refractivity contribution is -0.511. The van der Waals surface area contributed by atoms with Gasteiger partial charge < -0.3 is 38.0 Å². The van der Waals surface area contributed by atoms with Crippen LogP contribution in [0.2, 0.25) is 18.1 Å². The molecule has 42 heavy (non-hydrogen) atoms. The van der Waals surface area contributed by atoms with E-state index in [2.05, 4.69) is 26.1 Å². The summed E-state index contributed by atoms with van der Waals surface area (Å²) in [6.07, 6.45) is -5.78. The van der Waals surface area contributed by atoms with Crippen LogP contribution in [-0.2, 0) is 32.8 Å². The number of guanidine groups is 1. The Labute approximate surface area is 249 Å². The highest BCUT2D eigenvalue weighted by Crippen LogP contribution is 2.66.